The lowest BCUT2D eigenvalue weighted by atomic mass is 9.97. The number of nitrogens with zero attached hydrogens (tertiary/aromatic N) is 2. The summed E-state index contributed by atoms with van der Waals surface area (Å²) in [6.45, 7) is 4.29. The molecule has 0 saturated carbocycles. The van der Waals surface area contributed by atoms with E-state index in [1.165, 1.54) is 18.0 Å². The fourth-order valence-electron chi connectivity index (χ4n) is 2.57. The van der Waals surface area contributed by atoms with E-state index in [1.54, 1.807) is 12.1 Å². The number of nitrogens with one attached hydrogen (secondary N) is 1. The maximum Gasteiger partial charge on any atom is 0.284 e. The van der Waals surface area contributed by atoms with Gasteiger partial charge in [-0.1, -0.05) is 55.9 Å². The Balaban J connectivity index is 1.57. The van der Waals surface area contributed by atoms with Crippen molar-refractivity contribution >= 4 is 17.7 Å². The maximum absolute atomic E-state index is 12.4. The average molecular weight is 371 g/mol. The van der Waals surface area contributed by atoms with Crippen LogP contribution in [0.5, 0.6) is 0 Å². The summed E-state index contributed by atoms with van der Waals surface area (Å²) in [7, 11) is 0. The molecule has 7 heteroatoms. The Morgan fingerprint density at radius 2 is 1.96 bits per heavy atom. The molecule has 0 fully saturated rings. The van der Waals surface area contributed by atoms with Crippen molar-refractivity contribution in [1.82, 2.24) is 15.5 Å². The lowest BCUT2D eigenvalue weighted by molar-refractivity contribution is -0.119. The van der Waals surface area contributed by atoms with E-state index < -0.39 is 0 Å². The van der Waals surface area contributed by atoms with Gasteiger partial charge in [-0.3, -0.25) is 4.79 Å². The maximum atomic E-state index is 12.4. The van der Waals surface area contributed by atoms with E-state index in [1.807, 2.05) is 30.3 Å². The summed E-state index contributed by atoms with van der Waals surface area (Å²) < 4.78 is 10.7. The van der Waals surface area contributed by atoms with Crippen LogP contribution < -0.4 is 5.32 Å². The molecule has 1 aromatic carbocycles. The Labute approximate surface area is 156 Å². The number of thioether (sulfide) groups is 1. The van der Waals surface area contributed by atoms with Gasteiger partial charge in [0.2, 0.25) is 5.91 Å². The average Bonchev–Trinajstić information content (AvgIpc) is 3.31. The molecule has 136 valence electrons. The van der Waals surface area contributed by atoms with Crippen LogP contribution in [-0.2, 0) is 4.79 Å². The van der Waals surface area contributed by atoms with Gasteiger partial charge in [-0.05, 0) is 30.0 Å². The molecule has 1 atom stereocenters. The second-order valence-corrected chi connectivity index (χ2v) is 7.23. The van der Waals surface area contributed by atoms with Crippen molar-refractivity contribution in [3.05, 3.63) is 54.3 Å². The van der Waals surface area contributed by atoms with Gasteiger partial charge in [0, 0.05) is 0 Å². The largest absolute Gasteiger partial charge is 0.459 e. The number of rotatable bonds is 8. The molecule has 2 aromatic heterocycles. The highest BCUT2D eigenvalue weighted by Crippen LogP contribution is 2.24. The third-order valence-corrected chi connectivity index (χ3v) is 4.53. The molecule has 1 N–H and O–H groups in total. The first-order valence-electron chi connectivity index (χ1n) is 8.46. The monoisotopic (exact) mass is 371 g/mol. The zero-order chi connectivity index (χ0) is 18.4. The third-order valence-electron chi connectivity index (χ3n) is 3.71. The minimum atomic E-state index is -0.0674. The van der Waals surface area contributed by atoms with Gasteiger partial charge in [-0.15, -0.1) is 10.2 Å². The molecule has 0 saturated heterocycles. The molecule has 0 aliphatic heterocycles. The number of carbonyl (C=O) groups excluding carboxylic acids is 1. The first-order valence-corrected chi connectivity index (χ1v) is 9.45. The Bertz CT molecular complexity index is 816. The molecule has 0 unspecified atom stereocenters. The highest BCUT2D eigenvalue weighted by molar-refractivity contribution is 7.99. The van der Waals surface area contributed by atoms with Crippen LogP contribution in [0.2, 0.25) is 0 Å². The number of hydrogen-bond donors (Lipinski definition) is 1. The zero-order valence-corrected chi connectivity index (χ0v) is 15.5. The molecular formula is C19H21N3O3S. The highest BCUT2D eigenvalue weighted by atomic mass is 32.2. The summed E-state index contributed by atoms with van der Waals surface area (Å²) in [5.41, 5.74) is 1.11. The zero-order valence-electron chi connectivity index (χ0n) is 14.7. The molecule has 0 bridgehead atoms. The first kappa shape index (κ1) is 18.3. The summed E-state index contributed by atoms with van der Waals surface area (Å²) in [6.07, 6.45) is 2.42. The lowest BCUT2D eigenvalue weighted by Gasteiger charge is -2.21. The molecule has 3 rings (SSSR count). The Morgan fingerprint density at radius 1 is 1.15 bits per heavy atom. The van der Waals surface area contributed by atoms with Crippen molar-refractivity contribution in [3.8, 4) is 11.7 Å². The molecule has 0 spiro atoms. The first-order chi connectivity index (χ1) is 12.6. The van der Waals surface area contributed by atoms with Crippen LogP contribution in [0.25, 0.3) is 11.7 Å². The molecule has 0 radical (unpaired) electrons. The van der Waals surface area contributed by atoms with E-state index in [0.717, 1.165) is 12.0 Å². The highest BCUT2D eigenvalue weighted by Gasteiger charge is 2.17. The fraction of sp³-hybridized carbons (Fsp3) is 0.316. The van der Waals surface area contributed by atoms with Crippen molar-refractivity contribution in [1.29, 1.82) is 0 Å². The van der Waals surface area contributed by atoms with Crippen LogP contribution in [0.1, 0.15) is 31.9 Å². The van der Waals surface area contributed by atoms with Crippen LogP contribution in [-0.4, -0.2) is 21.9 Å². The van der Waals surface area contributed by atoms with Gasteiger partial charge < -0.3 is 14.2 Å². The van der Waals surface area contributed by atoms with Gasteiger partial charge in [0.15, 0.2) is 5.76 Å². The number of hydrogen-bond acceptors (Lipinski definition) is 6. The third kappa shape index (κ3) is 4.98. The van der Waals surface area contributed by atoms with Gasteiger partial charge >= 0.3 is 0 Å². The minimum absolute atomic E-state index is 0.00864. The SMILES string of the molecule is CC(C)C[C@@H](NC(=O)CSc1nnc(-c2ccco2)o1)c1ccccc1. The Kier molecular flexibility index (Phi) is 6.12. The van der Waals surface area contributed by atoms with E-state index in [4.69, 9.17) is 8.83 Å². The predicted molar refractivity (Wildman–Crippen MR) is 99.5 cm³/mol. The Morgan fingerprint density at radius 3 is 2.65 bits per heavy atom. The summed E-state index contributed by atoms with van der Waals surface area (Å²) in [5, 5.41) is 11.3. The van der Waals surface area contributed by atoms with Crippen LogP contribution in [0.4, 0.5) is 0 Å². The number of carbonyl (C=O) groups is 1. The molecule has 2 heterocycles. The predicted octanol–water partition coefficient (Wildman–Crippen LogP) is 4.33. The van der Waals surface area contributed by atoms with E-state index in [2.05, 4.69) is 29.4 Å². The van der Waals surface area contributed by atoms with E-state index in [-0.39, 0.29) is 17.7 Å². The Hall–Kier alpha value is -2.54. The van der Waals surface area contributed by atoms with E-state index >= 15 is 0 Å². The van der Waals surface area contributed by atoms with Crippen LogP contribution in [0.3, 0.4) is 0 Å². The number of furan rings is 1. The van der Waals surface area contributed by atoms with Crippen LogP contribution in [0, 0.1) is 5.92 Å². The quantitative estimate of drug-likeness (QED) is 0.594. The van der Waals surface area contributed by atoms with Gasteiger partial charge in [0.1, 0.15) is 0 Å². The second-order valence-electron chi connectivity index (χ2n) is 6.30. The van der Waals surface area contributed by atoms with Gasteiger partial charge in [0.05, 0.1) is 18.1 Å². The fourth-order valence-corrected chi connectivity index (χ4v) is 3.14. The topological polar surface area (TPSA) is 81.2 Å². The summed E-state index contributed by atoms with van der Waals surface area (Å²) in [6, 6.07) is 13.5. The standard InChI is InChI=1S/C19H21N3O3S/c1-13(2)11-15(14-7-4-3-5-8-14)20-17(23)12-26-19-22-21-18(25-19)16-9-6-10-24-16/h3-10,13,15H,11-12H2,1-2H3,(H,20,23)/t15-/m1/s1. The van der Waals surface area contributed by atoms with E-state index in [0.29, 0.717) is 22.8 Å². The van der Waals surface area contributed by atoms with Crippen molar-refractivity contribution in [3.63, 3.8) is 0 Å². The number of benzene rings is 1. The molecule has 26 heavy (non-hydrogen) atoms. The molecule has 0 aliphatic rings. The van der Waals surface area contributed by atoms with E-state index in [9.17, 15) is 4.79 Å². The summed E-state index contributed by atoms with van der Waals surface area (Å²) in [5.74, 6) is 1.43. The smallest absolute Gasteiger partial charge is 0.284 e. The molecule has 1 amide bonds. The van der Waals surface area contributed by atoms with Crippen molar-refractivity contribution in [2.24, 2.45) is 5.92 Å². The summed E-state index contributed by atoms with van der Waals surface area (Å²) in [4.78, 5) is 12.4. The van der Waals surface area contributed by atoms with Gasteiger partial charge in [-0.2, -0.15) is 0 Å². The molecular weight excluding hydrogens is 350 g/mol. The lowest BCUT2D eigenvalue weighted by Crippen LogP contribution is -2.30. The van der Waals surface area contributed by atoms with Gasteiger partial charge in [-0.25, -0.2) is 0 Å². The molecule has 6 nitrogen and oxygen atoms in total. The summed E-state index contributed by atoms with van der Waals surface area (Å²) >= 11 is 1.21. The van der Waals surface area contributed by atoms with Crippen LogP contribution in [0.15, 0.2) is 62.8 Å². The second kappa shape index (κ2) is 8.71. The van der Waals surface area contributed by atoms with Crippen molar-refractivity contribution < 1.29 is 13.6 Å². The van der Waals surface area contributed by atoms with Crippen molar-refractivity contribution in [2.45, 2.75) is 31.5 Å². The number of aromatic nitrogens is 2. The minimum Gasteiger partial charge on any atom is -0.459 e. The van der Waals surface area contributed by atoms with Gasteiger partial charge in [0.25, 0.3) is 11.1 Å². The molecule has 3 aromatic rings. The molecule has 0 aliphatic carbocycles. The normalized spacial score (nSPS) is 12.3. The number of amides is 1. The van der Waals surface area contributed by atoms with Crippen molar-refractivity contribution in [2.75, 3.05) is 5.75 Å². The van der Waals surface area contributed by atoms with Crippen LogP contribution >= 0.6 is 11.8 Å².